The van der Waals surface area contributed by atoms with E-state index >= 15 is 0 Å². The van der Waals surface area contributed by atoms with Gasteiger partial charge in [-0.15, -0.1) is 0 Å². The molecule has 0 amide bonds. The normalized spacial score (nSPS) is 13.7. The van der Waals surface area contributed by atoms with Crippen LogP contribution in [0.5, 0.6) is 0 Å². The molecule has 0 aliphatic heterocycles. The number of nitrogens with zero attached hydrogens (tertiary/aromatic N) is 1. The number of hydrogen-bond acceptors (Lipinski definition) is 2. The van der Waals surface area contributed by atoms with E-state index in [9.17, 15) is 8.78 Å². The van der Waals surface area contributed by atoms with Gasteiger partial charge in [0.05, 0.1) is 0 Å². The summed E-state index contributed by atoms with van der Waals surface area (Å²) < 4.78 is 24.1. The number of aliphatic imine (C=N–C) groups is 1. The van der Waals surface area contributed by atoms with Gasteiger partial charge in [-0.25, -0.2) is 13.8 Å². The van der Waals surface area contributed by atoms with E-state index in [-0.39, 0.29) is 12.5 Å². The van der Waals surface area contributed by atoms with Crippen molar-refractivity contribution in [1.29, 1.82) is 0 Å². The number of rotatable bonds is 4. The highest BCUT2D eigenvalue weighted by Gasteiger charge is 2.15. The summed E-state index contributed by atoms with van der Waals surface area (Å²) in [7, 11) is 0. The standard InChI is InChI=1S/C6H12F2N4/c7-5(8)4(2-1-3-9)12-6(10)11/h1-2,4-5H,3,9H2,(H4,10,11,12)/b2-1+. The molecule has 4 nitrogen and oxygen atoms in total. The molecular weight excluding hydrogens is 166 g/mol. The second-order valence-electron chi connectivity index (χ2n) is 2.04. The van der Waals surface area contributed by atoms with Crippen molar-refractivity contribution in [1.82, 2.24) is 0 Å². The Bertz CT molecular complexity index is 174. The van der Waals surface area contributed by atoms with Gasteiger partial charge < -0.3 is 17.2 Å². The second-order valence-corrected chi connectivity index (χ2v) is 2.04. The van der Waals surface area contributed by atoms with Crippen molar-refractivity contribution in [3.63, 3.8) is 0 Å². The molecule has 0 spiro atoms. The molecule has 0 saturated carbocycles. The third-order valence-electron chi connectivity index (χ3n) is 1.03. The molecule has 0 fully saturated rings. The molecule has 0 aromatic carbocycles. The molecule has 0 aliphatic rings. The summed E-state index contributed by atoms with van der Waals surface area (Å²) >= 11 is 0. The number of nitrogens with two attached hydrogens (primary N) is 3. The van der Waals surface area contributed by atoms with Crippen molar-refractivity contribution in [3.8, 4) is 0 Å². The van der Waals surface area contributed by atoms with Gasteiger partial charge in [0.1, 0.15) is 6.04 Å². The smallest absolute Gasteiger partial charge is 0.264 e. The predicted molar refractivity (Wildman–Crippen MR) is 43.8 cm³/mol. The van der Waals surface area contributed by atoms with E-state index in [1.807, 2.05) is 0 Å². The Balaban J connectivity index is 4.24. The SMILES string of the molecule is NC/C=C/C(N=C(N)N)C(F)F. The van der Waals surface area contributed by atoms with Crippen molar-refractivity contribution < 1.29 is 8.78 Å². The zero-order chi connectivity index (χ0) is 9.56. The van der Waals surface area contributed by atoms with Gasteiger partial charge in [0.2, 0.25) is 0 Å². The summed E-state index contributed by atoms with van der Waals surface area (Å²) in [5, 5.41) is 0. The van der Waals surface area contributed by atoms with Crippen molar-refractivity contribution in [2.45, 2.75) is 12.5 Å². The van der Waals surface area contributed by atoms with Crippen LogP contribution in [-0.4, -0.2) is 25.0 Å². The maximum atomic E-state index is 12.1. The third kappa shape index (κ3) is 4.62. The molecule has 0 aromatic rings. The monoisotopic (exact) mass is 178 g/mol. The lowest BCUT2D eigenvalue weighted by atomic mass is 10.3. The number of hydrogen-bond donors (Lipinski definition) is 3. The molecule has 0 radical (unpaired) electrons. The first-order chi connectivity index (χ1) is 5.57. The van der Waals surface area contributed by atoms with Crippen LogP contribution in [0.4, 0.5) is 8.78 Å². The lowest BCUT2D eigenvalue weighted by Crippen LogP contribution is -2.27. The van der Waals surface area contributed by atoms with Crippen LogP contribution in [0.2, 0.25) is 0 Å². The van der Waals surface area contributed by atoms with Gasteiger partial charge in [-0.1, -0.05) is 12.2 Å². The minimum atomic E-state index is -2.62. The van der Waals surface area contributed by atoms with Gasteiger partial charge >= 0.3 is 0 Å². The Hall–Kier alpha value is -1.17. The van der Waals surface area contributed by atoms with E-state index in [1.54, 1.807) is 0 Å². The first-order valence-electron chi connectivity index (χ1n) is 3.31. The Morgan fingerprint density at radius 3 is 2.33 bits per heavy atom. The number of alkyl halides is 2. The minimum Gasteiger partial charge on any atom is -0.370 e. The maximum absolute atomic E-state index is 12.1. The van der Waals surface area contributed by atoms with Gasteiger partial charge in [0.15, 0.2) is 5.96 Å². The van der Waals surface area contributed by atoms with Crippen molar-refractivity contribution in [2.24, 2.45) is 22.2 Å². The van der Waals surface area contributed by atoms with Crippen molar-refractivity contribution in [2.75, 3.05) is 6.54 Å². The lowest BCUT2D eigenvalue weighted by molar-refractivity contribution is 0.134. The largest absolute Gasteiger partial charge is 0.370 e. The van der Waals surface area contributed by atoms with E-state index < -0.39 is 12.5 Å². The summed E-state index contributed by atoms with van der Waals surface area (Å²) in [6.45, 7) is 0.184. The van der Waals surface area contributed by atoms with Crippen LogP contribution in [0.1, 0.15) is 0 Å². The summed E-state index contributed by atoms with van der Waals surface area (Å²) in [4.78, 5) is 3.29. The van der Waals surface area contributed by atoms with E-state index in [4.69, 9.17) is 17.2 Å². The van der Waals surface area contributed by atoms with Crippen LogP contribution < -0.4 is 17.2 Å². The van der Waals surface area contributed by atoms with Crippen LogP contribution in [0, 0.1) is 0 Å². The molecule has 0 saturated heterocycles. The molecular formula is C6H12F2N4. The van der Waals surface area contributed by atoms with Crippen LogP contribution in [0.3, 0.4) is 0 Å². The van der Waals surface area contributed by atoms with E-state index in [1.165, 1.54) is 12.2 Å². The predicted octanol–water partition coefficient (Wildman–Crippen LogP) is -0.592. The molecule has 0 aromatic heterocycles. The fourth-order valence-corrected chi connectivity index (χ4v) is 0.573. The molecule has 1 atom stereocenters. The Kier molecular flexibility index (Phi) is 4.94. The fraction of sp³-hybridized carbons (Fsp3) is 0.500. The first kappa shape index (κ1) is 10.8. The Morgan fingerprint density at radius 1 is 1.42 bits per heavy atom. The minimum absolute atomic E-state index is 0.184. The van der Waals surface area contributed by atoms with Crippen LogP contribution in [0.15, 0.2) is 17.1 Å². The Labute approximate surface area is 69.1 Å². The molecule has 70 valence electrons. The number of halogens is 2. The van der Waals surface area contributed by atoms with Crippen LogP contribution >= 0.6 is 0 Å². The lowest BCUT2D eigenvalue weighted by Gasteiger charge is -2.05. The van der Waals surface area contributed by atoms with E-state index in [2.05, 4.69) is 4.99 Å². The second kappa shape index (κ2) is 5.48. The summed E-state index contributed by atoms with van der Waals surface area (Å²) in [5.41, 5.74) is 14.9. The third-order valence-corrected chi connectivity index (χ3v) is 1.03. The quantitative estimate of drug-likeness (QED) is 0.305. The average molecular weight is 178 g/mol. The van der Waals surface area contributed by atoms with Crippen molar-refractivity contribution in [3.05, 3.63) is 12.2 Å². The summed E-state index contributed by atoms with van der Waals surface area (Å²) in [6, 6.07) is -1.29. The molecule has 0 bridgehead atoms. The van der Waals surface area contributed by atoms with Gasteiger partial charge in [0.25, 0.3) is 6.43 Å². The molecule has 0 rings (SSSR count). The molecule has 6 N–H and O–H groups in total. The van der Waals surface area contributed by atoms with Gasteiger partial charge in [-0.3, -0.25) is 0 Å². The van der Waals surface area contributed by atoms with Crippen LogP contribution in [-0.2, 0) is 0 Å². The summed E-state index contributed by atoms with van der Waals surface area (Å²) in [5.74, 6) is -0.359. The van der Waals surface area contributed by atoms with Crippen molar-refractivity contribution >= 4 is 5.96 Å². The molecule has 0 heterocycles. The van der Waals surface area contributed by atoms with Gasteiger partial charge in [-0.2, -0.15) is 0 Å². The molecule has 12 heavy (non-hydrogen) atoms. The fourth-order valence-electron chi connectivity index (χ4n) is 0.573. The number of guanidine groups is 1. The Morgan fingerprint density at radius 2 is 2.00 bits per heavy atom. The maximum Gasteiger partial charge on any atom is 0.264 e. The first-order valence-corrected chi connectivity index (χ1v) is 3.31. The molecule has 1 unspecified atom stereocenters. The zero-order valence-corrected chi connectivity index (χ0v) is 6.45. The molecule has 0 aliphatic carbocycles. The highest BCUT2D eigenvalue weighted by atomic mass is 19.3. The topological polar surface area (TPSA) is 90.4 Å². The molecule has 6 heteroatoms. The van der Waals surface area contributed by atoms with E-state index in [0.29, 0.717) is 0 Å². The zero-order valence-electron chi connectivity index (χ0n) is 6.45. The summed E-state index contributed by atoms with van der Waals surface area (Å²) in [6.07, 6.45) is -0.0666. The van der Waals surface area contributed by atoms with Gasteiger partial charge in [0, 0.05) is 6.54 Å². The highest BCUT2D eigenvalue weighted by Crippen LogP contribution is 2.06. The van der Waals surface area contributed by atoms with Gasteiger partial charge in [-0.05, 0) is 0 Å². The highest BCUT2D eigenvalue weighted by molar-refractivity contribution is 5.76. The van der Waals surface area contributed by atoms with E-state index in [0.717, 1.165) is 0 Å². The van der Waals surface area contributed by atoms with Crippen LogP contribution in [0.25, 0.3) is 0 Å². The average Bonchev–Trinajstić information content (AvgIpc) is 1.96.